The van der Waals surface area contributed by atoms with E-state index in [9.17, 15) is 14.7 Å². The molecule has 8 nitrogen and oxygen atoms in total. The molecule has 2 aromatic carbocycles. The van der Waals surface area contributed by atoms with Crippen LogP contribution in [-0.4, -0.2) is 41.3 Å². The number of hydroxylamine groups is 2. The lowest BCUT2D eigenvalue weighted by Crippen LogP contribution is -2.53. The molecule has 0 saturated carbocycles. The summed E-state index contributed by atoms with van der Waals surface area (Å²) in [5.74, 6) is -0.202. The molecule has 3 rings (SSSR count). The fraction of sp³-hybridized carbons (Fsp3) is 0.417. The van der Waals surface area contributed by atoms with Crippen molar-refractivity contribution in [1.29, 1.82) is 0 Å². The highest BCUT2D eigenvalue weighted by Gasteiger charge is 2.28. The standard InChI is InChI=1S/C21H26N4O4.C3H8/c22-17-8-6-15(7-9-17)14-23-21(28)24-19(13-16-4-3-5-18(26)12-16)20(27)25-10-1-2-11-29-25;1-3-2/h3-9,12,19,26H,1-2,10-11,13-14,22H2,(H2,23,24,28);3H2,1-2H3. The van der Waals surface area contributed by atoms with E-state index in [2.05, 4.69) is 24.5 Å². The molecule has 1 fully saturated rings. The molecule has 0 radical (unpaired) electrons. The van der Waals surface area contributed by atoms with Gasteiger partial charge in [0.2, 0.25) is 0 Å². The summed E-state index contributed by atoms with van der Waals surface area (Å²) in [7, 11) is 0. The van der Waals surface area contributed by atoms with Crippen LogP contribution in [0.4, 0.5) is 10.5 Å². The fourth-order valence-electron chi connectivity index (χ4n) is 3.09. The van der Waals surface area contributed by atoms with Gasteiger partial charge in [-0.3, -0.25) is 9.63 Å². The highest BCUT2D eigenvalue weighted by molar-refractivity contribution is 5.86. The predicted octanol–water partition coefficient (Wildman–Crippen LogP) is 3.36. The van der Waals surface area contributed by atoms with E-state index >= 15 is 0 Å². The number of hydrogen-bond acceptors (Lipinski definition) is 5. The summed E-state index contributed by atoms with van der Waals surface area (Å²) in [6, 6.07) is 12.5. The van der Waals surface area contributed by atoms with E-state index in [1.807, 2.05) is 12.1 Å². The summed E-state index contributed by atoms with van der Waals surface area (Å²) in [6.07, 6.45) is 3.24. The molecule has 1 saturated heterocycles. The van der Waals surface area contributed by atoms with Gasteiger partial charge in [-0.1, -0.05) is 44.5 Å². The lowest BCUT2D eigenvalue weighted by atomic mass is 10.0. The zero-order valence-electron chi connectivity index (χ0n) is 18.8. The first-order valence-electron chi connectivity index (χ1n) is 11.0. The molecule has 8 heteroatoms. The van der Waals surface area contributed by atoms with Gasteiger partial charge in [0.1, 0.15) is 11.8 Å². The van der Waals surface area contributed by atoms with Gasteiger partial charge in [0, 0.05) is 25.2 Å². The van der Waals surface area contributed by atoms with Crippen molar-refractivity contribution in [2.75, 3.05) is 18.9 Å². The molecule has 1 atom stereocenters. The van der Waals surface area contributed by atoms with Gasteiger partial charge in [-0.05, 0) is 48.2 Å². The number of amides is 3. The first-order chi connectivity index (χ1) is 15.4. The zero-order chi connectivity index (χ0) is 23.3. The van der Waals surface area contributed by atoms with Gasteiger partial charge in [0.15, 0.2) is 0 Å². The Kier molecular flexibility index (Phi) is 10.3. The second-order valence-electron chi connectivity index (χ2n) is 7.68. The number of anilines is 1. The number of phenolic OH excluding ortho intramolecular Hbond substituents is 1. The average molecular weight is 443 g/mol. The van der Waals surface area contributed by atoms with E-state index in [4.69, 9.17) is 10.6 Å². The van der Waals surface area contributed by atoms with Crippen LogP contribution < -0.4 is 16.4 Å². The third kappa shape index (κ3) is 8.47. The number of carbonyl (C=O) groups is 2. The first kappa shape index (κ1) is 25.0. The zero-order valence-corrected chi connectivity index (χ0v) is 18.8. The van der Waals surface area contributed by atoms with E-state index in [-0.39, 0.29) is 18.1 Å². The number of nitrogens with two attached hydrogens (primary N) is 1. The molecular weight excluding hydrogens is 408 g/mol. The Morgan fingerprint density at radius 3 is 2.47 bits per heavy atom. The molecule has 1 heterocycles. The van der Waals surface area contributed by atoms with Crippen molar-refractivity contribution in [3.63, 3.8) is 0 Å². The molecule has 2 aromatic rings. The van der Waals surface area contributed by atoms with Crippen LogP contribution in [-0.2, 0) is 22.6 Å². The molecule has 0 aromatic heterocycles. The highest BCUT2D eigenvalue weighted by Crippen LogP contribution is 2.15. The number of rotatable bonds is 6. The Balaban J connectivity index is 0.00000114. The van der Waals surface area contributed by atoms with Crippen molar-refractivity contribution in [3.05, 3.63) is 59.7 Å². The van der Waals surface area contributed by atoms with Gasteiger partial charge in [-0.15, -0.1) is 0 Å². The largest absolute Gasteiger partial charge is 0.508 e. The monoisotopic (exact) mass is 442 g/mol. The summed E-state index contributed by atoms with van der Waals surface area (Å²) in [4.78, 5) is 30.8. The number of phenols is 1. The average Bonchev–Trinajstić information content (AvgIpc) is 2.79. The number of hydrogen-bond donors (Lipinski definition) is 4. The van der Waals surface area contributed by atoms with Crippen LogP contribution in [0, 0.1) is 0 Å². The SMILES string of the molecule is CCC.Nc1ccc(CNC(=O)NC(Cc2cccc(O)c2)C(=O)N2CCCCO2)cc1. The Labute approximate surface area is 189 Å². The van der Waals surface area contributed by atoms with Crippen LogP contribution in [0.1, 0.15) is 44.2 Å². The molecule has 1 aliphatic heterocycles. The van der Waals surface area contributed by atoms with Gasteiger partial charge in [-0.2, -0.15) is 0 Å². The minimum Gasteiger partial charge on any atom is -0.508 e. The van der Waals surface area contributed by atoms with E-state index in [0.29, 0.717) is 25.4 Å². The van der Waals surface area contributed by atoms with Crippen LogP contribution >= 0.6 is 0 Å². The Morgan fingerprint density at radius 2 is 1.84 bits per heavy atom. The predicted molar refractivity (Wildman–Crippen MR) is 125 cm³/mol. The lowest BCUT2D eigenvalue weighted by Gasteiger charge is -2.30. The van der Waals surface area contributed by atoms with Gasteiger partial charge in [0.25, 0.3) is 5.91 Å². The van der Waals surface area contributed by atoms with Crippen LogP contribution in [0.5, 0.6) is 5.75 Å². The third-order valence-electron chi connectivity index (χ3n) is 4.64. The molecule has 1 unspecified atom stereocenters. The highest BCUT2D eigenvalue weighted by atomic mass is 16.7. The van der Waals surface area contributed by atoms with Crippen LogP contribution in [0.25, 0.3) is 0 Å². The smallest absolute Gasteiger partial charge is 0.315 e. The maximum Gasteiger partial charge on any atom is 0.315 e. The van der Waals surface area contributed by atoms with Crippen LogP contribution in [0.2, 0.25) is 0 Å². The van der Waals surface area contributed by atoms with Gasteiger partial charge >= 0.3 is 6.03 Å². The normalized spacial score (nSPS) is 14.0. The molecule has 32 heavy (non-hydrogen) atoms. The van der Waals surface area contributed by atoms with Gasteiger partial charge in [-0.25, -0.2) is 9.86 Å². The summed E-state index contributed by atoms with van der Waals surface area (Å²) in [5, 5.41) is 16.5. The fourth-order valence-corrected chi connectivity index (χ4v) is 3.09. The number of nitrogen functional groups attached to an aromatic ring is 1. The Bertz CT molecular complexity index is 851. The van der Waals surface area contributed by atoms with Crippen molar-refractivity contribution < 1.29 is 19.5 Å². The summed E-state index contributed by atoms with van der Waals surface area (Å²) >= 11 is 0. The second kappa shape index (κ2) is 13.2. The topological polar surface area (TPSA) is 117 Å². The Morgan fingerprint density at radius 1 is 1.12 bits per heavy atom. The number of aromatic hydroxyl groups is 1. The second-order valence-corrected chi connectivity index (χ2v) is 7.68. The van der Waals surface area contributed by atoms with Crippen molar-refractivity contribution in [1.82, 2.24) is 15.7 Å². The first-order valence-corrected chi connectivity index (χ1v) is 11.0. The number of carbonyl (C=O) groups excluding carboxylic acids is 2. The van der Waals surface area contributed by atoms with Crippen LogP contribution in [0.3, 0.4) is 0 Å². The van der Waals surface area contributed by atoms with E-state index in [0.717, 1.165) is 24.0 Å². The molecule has 0 aliphatic carbocycles. The molecule has 5 N–H and O–H groups in total. The molecule has 0 bridgehead atoms. The maximum absolute atomic E-state index is 12.9. The van der Waals surface area contributed by atoms with Crippen molar-refractivity contribution in [2.24, 2.45) is 0 Å². The number of benzene rings is 2. The minimum atomic E-state index is -0.818. The quantitative estimate of drug-likeness (QED) is 0.512. The van der Waals surface area contributed by atoms with E-state index in [1.165, 1.54) is 11.5 Å². The maximum atomic E-state index is 12.9. The van der Waals surface area contributed by atoms with E-state index < -0.39 is 12.1 Å². The summed E-state index contributed by atoms with van der Waals surface area (Å²) in [6.45, 7) is 5.53. The lowest BCUT2D eigenvalue weighted by molar-refractivity contribution is -0.198. The number of nitrogens with one attached hydrogen (secondary N) is 2. The van der Waals surface area contributed by atoms with Crippen molar-refractivity contribution in [2.45, 2.75) is 52.1 Å². The van der Waals surface area contributed by atoms with Gasteiger partial charge < -0.3 is 21.5 Å². The molecule has 3 amide bonds. The molecule has 174 valence electrons. The minimum absolute atomic E-state index is 0.107. The molecule has 0 spiro atoms. The summed E-state index contributed by atoms with van der Waals surface area (Å²) in [5.41, 5.74) is 7.94. The van der Waals surface area contributed by atoms with Crippen LogP contribution in [0.15, 0.2) is 48.5 Å². The van der Waals surface area contributed by atoms with Crippen molar-refractivity contribution in [3.8, 4) is 5.75 Å². The van der Waals surface area contributed by atoms with E-state index in [1.54, 1.807) is 36.4 Å². The van der Waals surface area contributed by atoms with Gasteiger partial charge in [0.05, 0.1) is 6.61 Å². The number of nitrogens with zero attached hydrogens (tertiary/aromatic N) is 1. The molecule has 1 aliphatic rings. The van der Waals surface area contributed by atoms with Crippen molar-refractivity contribution >= 4 is 17.6 Å². The third-order valence-corrected chi connectivity index (χ3v) is 4.64. The summed E-state index contributed by atoms with van der Waals surface area (Å²) < 4.78 is 0. The molecular formula is C24H34N4O4. The Hall–Kier alpha value is -3.26. The number of urea groups is 1.